The van der Waals surface area contributed by atoms with Crippen molar-refractivity contribution in [2.24, 2.45) is 0 Å². The minimum absolute atomic E-state index is 0.711. The predicted molar refractivity (Wildman–Crippen MR) is 81.7 cm³/mol. The number of hydrogen-bond donors (Lipinski definition) is 2. The molecule has 2 N–H and O–H groups in total. The Kier molecular flexibility index (Phi) is 7.57. The van der Waals surface area contributed by atoms with E-state index in [9.17, 15) is 0 Å². The van der Waals surface area contributed by atoms with E-state index in [1.165, 1.54) is 25.0 Å². The smallest absolute Gasteiger partial charge is 0.224 e. The minimum Gasteiger partial charge on any atom is -0.370 e. The van der Waals surface area contributed by atoms with Gasteiger partial charge in [0.15, 0.2) is 0 Å². The van der Waals surface area contributed by atoms with Crippen LogP contribution in [-0.4, -0.2) is 35.1 Å². The first-order valence-corrected chi connectivity index (χ1v) is 7.98. The van der Waals surface area contributed by atoms with Crippen LogP contribution in [0.15, 0.2) is 6.07 Å². The Morgan fingerprint density at radius 3 is 2.72 bits per heavy atom. The first-order chi connectivity index (χ1) is 8.76. The second-order valence-corrected chi connectivity index (χ2v) is 5.21. The Morgan fingerprint density at radius 2 is 2.00 bits per heavy atom. The van der Waals surface area contributed by atoms with E-state index in [0.717, 1.165) is 24.6 Å². The van der Waals surface area contributed by atoms with Gasteiger partial charge in [0.1, 0.15) is 5.82 Å². The molecule has 0 saturated heterocycles. The number of nitrogens with one attached hydrogen (secondary N) is 2. The molecule has 1 aromatic rings. The van der Waals surface area contributed by atoms with Gasteiger partial charge in [-0.3, -0.25) is 0 Å². The van der Waals surface area contributed by atoms with Crippen LogP contribution in [0.5, 0.6) is 0 Å². The Balaban J connectivity index is 2.32. The van der Waals surface area contributed by atoms with Gasteiger partial charge < -0.3 is 10.6 Å². The van der Waals surface area contributed by atoms with Crippen LogP contribution in [0.3, 0.4) is 0 Å². The number of thioether (sulfide) groups is 1. The molecule has 1 aromatic heterocycles. The van der Waals surface area contributed by atoms with Crippen molar-refractivity contribution in [2.75, 3.05) is 35.7 Å². The second kappa shape index (κ2) is 9.03. The van der Waals surface area contributed by atoms with Crippen molar-refractivity contribution in [3.8, 4) is 0 Å². The second-order valence-electron chi connectivity index (χ2n) is 4.23. The van der Waals surface area contributed by atoms with Crippen LogP contribution in [0.4, 0.5) is 11.8 Å². The monoisotopic (exact) mass is 268 g/mol. The normalized spacial score (nSPS) is 10.4. The molecule has 0 aliphatic carbocycles. The third-order valence-electron chi connectivity index (χ3n) is 2.52. The molecule has 0 atom stereocenters. The summed E-state index contributed by atoms with van der Waals surface area (Å²) in [7, 11) is 0. The quantitative estimate of drug-likeness (QED) is 0.674. The molecular weight excluding hydrogens is 244 g/mol. The summed E-state index contributed by atoms with van der Waals surface area (Å²) in [4.78, 5) is 8.75. The van der Waals surface area contributed by atoms with Crippen LogP contribution < -0.4 is 10.6 Å². The summed E-state index contributed by atoms with van der Waals surface area (Å²) >= 11 is 1.92. The van der Waals surface area contributed by atoms with E-state index in [0.29, 0.717) is 5.95 Å². The predicted octanol–water partition coefficient (Wildman–Crippen LogP) is 3.16. The fourth-order valence-corrected chi connectivity index (χ4v) is 2.15. The number of hydrogen-bond acceptors (Lipinski definition) is 5. The highest BCUT2D eigenvalue weighted by Crippen LogP contribution is 2.10. The molecule has 0 saturated carbocycles. The molecule has 0 bridgehead atoms. The van der Waals surface area contributed by atoms with Crippen molar-refractivity contribution in [1.29, 1.82) is 0 Å². The fraction of sp³-hybridized carbons (Fsp3) is 0.692. The molecule has 0 aliphatic rings. The van der Waals surface area contributed by atoms with Crippen LogP contribution in [0.1, 0.15) is 31.9 Å². The SMILES string of the molecule is CCNc1nc(C)cc(NCCCCCSC)n1. The topological polar surface area (TPSA) is 49.8 Å². The number of rotatable bonds is 9. The summed E-state index contributed by atoms with van der Waals surface area (Å²) in [5.74, 6) is 2.89. The first-order valence-electron chi connectivity index (χ1n) is 6.58. The largest absolute Gasteiger partial charge is 0.370 e. The molecule has 102 valence electrons. The van der Waals surface area contributed by atoms with Crippen LogP contribution >= 0.6 is 11.8 Å². The lowest BCUT2D eigenvalue weighted by atomic mass is 10.2. The number of aryl methyl sites for hydroxylation is 1. The molecule has 0 fully saturated rings. The molecule has 0 unspecified atom stereocenters. The third kappa shape index (κ3) is 6.10. The van der Waals surface area contributed by atoms with Gasteiger partial charge in [-0.05, 0) is 38.7 Å². The maximum absolute atomic E-state index is 4.42. The number of nitrogens with zero attached hydrogens (tertiary/aromatic N) is 2. The summed E-state index contributed by atoms with van der Waals surface area (Å²) < 4.78 is 0. The average molecular weight is 268 g/mol. The van der Waals surface area contributed by atoms with Gasteiger partial charge in [-0.1, -0.05) is 6.42 Å². The Morgan fingerprint density at radius 1 is 1.17 bits per heavy atom. The van der Waals surface area contributed by atoms with E-state index in [1.807, 2.05) is 31.7 Å². The van der Waals surface area contributed by atoms with E-state index in [1.54, 1.807) is 0 Å². The molecule has 1 heterocycles. The van der Waals surface area contributed by atoms with Crippen molar-refractivity contribution in [1.82, 2.24) is 9.97 Å². The zero-order valence-corrected chi connectivity index (χ0v) is 12.4. The van der Waals surface area contributed by atoms with Crippen LogP contribution in [0.2, 0.25) is 0 Å². The van der Waals surface area contributed by atoms with Gasteiger partial charge in [0.2, 0.25) is 5.95 Å². The average Bonchev–Trinajstić information content (AvgIpc) is 2.33. The lowest BCUT2D eigenvalue weighted by Gasteiger charge is -2.08. The standard InChI is InChI=1S/C13H24N4S/c1-4-14-13-16-11(2)10-12(17-13)15-8-6-5-7-9-18-3/h10H,4-9H2,1-3H3,(H2,14,15,16,17). The summed E-state index contributed by atoms with van der Waals surface area (Å²) in [5.41, 5.74) is 0.992. The van der Waals surface area contributed by atoms with Crippen molar-refractivity contribution >= 4 is 23.5 Å². The molecule has 0 radical (unpaired) electrons. The Hall–Kier alpha value is -0.970. The van der Waals surface area contributed by atoms with Crippen molar-refractivity contribution in [3.63, 3.8) is 0 Å². The summed E-state index contributed by atoms with van der Waals surface area (Å²) in [6, 6.07) is 1.99. The highest BCUT2D eigenvalue weighted by molar-refractivity contribution is 7.98. The maximum atomic E-state index is 4.42. The van der Waals surface area contributed by atoms with Gasteiger partial charge in [-0.15, -0.1) is 0 Å². The van der Waals surface area contributed by atoms with Gasteiger partial charge in [-0.2, -0.15) is 16.7 Å². The molecule has 0 amide bonds. The molecule has 0 aromatic carbocycles. The lowest BCUT2D eigenvalue weighted by Crippen LogP contribution is -2.08. The van der Waals surface area contributed by atoms with Crippen LogP contribution in [0.25, 0.3) is 0 Å². The van der Waals surface area contributed by atoms with E-state index in [2.05, 4.69) is 26.9 Å². The molecule has 0 aliphatic heterocycles. The van der Waals surface area contributed by atoms with E-state index in [4.69, 9.17) is 0 Å². The molecule has 4 nitrogen and oxygen atoms in total. The van der Waals surface area contributed by atoms with Gasteiger partial charge in [0.25, 0.3) is 0 Å². The molecule has 5 heteroatoms. The van der Waals surface area contributed by atoms with Crippen molar-refractivity contribution < 1.29 is 0 Å². The third-order valence-corrected chi connectivity index (χ3v) is 3.22. The van der Waals surface area contributed by atoms with Crippen LogP contribution in [-0.2, 0) is 0 Å². The first kappa shape index (κ1) is 15.1. The highest BCUT2D eigenvalue weighted by atomic mass is 32.2. The zero-order valence-electron chi connectivity index (χ0n) is 11.6. The zero-order chi connectivity index (χ0) is 13.2. The van der Waals surface area contributed by atoms with Crippen molar-refractivity contribution in [3.05, 3.63) is 11.8 Å². The Bertz CT molecular complexity index is 344. The number of anilines is 2. The maximum Gasteiger partial charge on any atom is 0.224 e. The summed E-state index contributed by atoms with van der Waals surface area (Å²) in [6.07, 6.45) is 5.93. The molecule has 0 spiro atoms. The molecular formula is C13H24N4S. The van der Waals surface area contributed by atoms with Gasteiger partial charge in [0.05, 0.1) is 0 Å². The van der Waals surface area contributed by atoms with Gasteiger partial charge in [-0.25, -0.2) is 4.98 Å². The van der Waals surface area contributed by atoms with E-state index < -0.39 is 0 Å². The fourth-order valence-electron chi connectivity index (χ4n) is 1.66. The lowest BCUT2D eigenvalue weighted by molar-refractivity contribution is 0.748. The molecule has 18 heavy (non-hydrogen) atoms. The number of aromatic nitrogens is 2. The molecule has 1 rings (SSSR count). The van der Waals surface area contributed by atoms with E-state index >= 15 is 0 Å². The Labute approximate surface area is 114 Å². The summed E-state index contributed by atoms with van der Waals surface area (Å²) in [5, 5.41) is 6.51. The van der Waals surface area contributed by atoms with Gasteiger partial charge in [0, 0.05) is 24.8 Å². The van der Waals surface area contributed by atoms with Crippen molar-refractivity contribution in [2.45, 2.75) is 33.1 Å². The van der Waals surface area contributed by atoms with Gasteiger partial charge >= 0.3 is 0 Å². The minimum atomic E-state index is 0.711. The summed E-state index contributed by atoms with van der Waals surface area (Å²) in [6.45, 7) is 5.87. The highest BCUT2D eigenvalue weighted by Gasteiger charge is 2.00. The van der Waals surface area contributed by atoms with E-state index in [-0.39, 0.29) is 0 Å². The van der Waals surface area contributed by atoms with Crippen LogP contribution in [0, 0.1) is 6.92 Å². The number of unbranched alkanes of at least 4 members (excludes halogenated alkanes) is 2.